The number of nitrogens with one attached hydrogen (secondary N) is 1. The predicted octanol–water partition coefficient (Wildman–Crippen LogP) is 1.30. The quantitative estimate of drug-likeness (QED) is 0.775. The van der Waals surface area contributed by atoms with Crippen molar-refractivity contribution in [2.24, 2.45) is 17.1 Å². The maximum atomic E-state index is 12.5. The van der Waals surface area contributed by atoms with Gasteiger partial charge in [0.1, 0.15) is 0 Å². The number of halogens is 1. The monoisotopic (exact) mass is 317 g/mol. The second kappa shape index (κ2) is 6.97. The van der Waals surface area contributed by atoms with Crippen molar-refractivity contribution in [1.29, 1.82) is 0 Å². The Morgan fingerprint density at radius 2 is 2.00 bits per heavy atom. The van der Waals surface area contributed by atoms with E-state index >= 15 is 0 Å². The van der Waals surface area contributed by atoms with Crippen molar-refractivity contribution in [3.8, 4) is 0 Å². The average molecular weight is 318 g/mol. The van der Waals surface area contributed by atoms with Crippen LogP contribution in [0.15, 0.2) is 0 Å². The third-order valence-corrected chi connectivity index (χ3v) is 5.19. The fraction of sp³-hybridized carbons (Fsp3) is 0.867. The molecule has 0 spiro atoms. The van der Waals surface area contributed by atoms with Crippen molar-refractivity contribution in [3.63, 3.8) is 0 Å². The summed E-state index contributed by atoms with van der Waals surface area (Å²) < 4.78 is 0. The van der Waals surface area contributed by atoms with E-state index in [1.165, 1.54) is 0 Å². The Bertz CT molecular complexity index is 390. The third kappa shape index (κ3) is 3.51. The van der Waals surface area contributed by atoms with Crippen molar-refractivity contribution in [2.45, 2.75) is 58.5 Å². The lowest BCUT2D eigenvalue weighted by Gasteiger charge is -2.30. The number of hydrogen-bond donors (Lipinski definition) is 2. The Hall–Kier alpha value is -0.810. The molecule has 1 saturated heterocycles. The van der Waals surface area contributed by atoms with Crippen molar-refractivity contribution < 1.29 is 9.59 Å². The zero-order valence-electron chi connectivity index (χ0n) is 13.2. The first kappa shape index (κ1) is 18.2. The maximum absolute atomic E-state index is 12.5. The summed E-state index contributed by atoms with van der Waals surface area (Å²) in [4.78, 5) is 26.4. The molecule has 1 saturated carbocycles. The molecule has 1 aliphatic carbocycles. The number of carbonyl (C=O) groups is 2. The van der Waals surface area contributed by atoms with Crippen molar-refractivity contribution in [2.75, 3.05) is 13.1 Å². The van der Waals surface area contributed by atoms with Gasteiger partial charge in [0.25, 0.3) is 0 Å². The van der Waals surface area contributed by atoms with Crippen LogP contribution in [0.2, 0.25) is 0 Å². The highest BCUT2D eigenvalue weighted by Crippen LogP contribution is 2.37. The zero-order chi connectivity index (χ0) is 14.9. The van der Waals surface area contributed by atoms with Gasteiger partial charge in [0.05, 0.1) is 11.5 Å². The Morgan fingerprint density at radius 3 is 2.43 bits per heavy atom. The second-order valence-corrected chi connectivity index (χ2v) is 6.39. The zero-order valence-corrected chi connectivity index (χ0v) is 14.0. The lowest BCUT2D eigenvalue weighted by atomic mass is 9.81. The van der Waals surface area contributed by atoms with Gasteiger partial charge in [-0.05, 0) is 25.2 Å². The molecule has 0 bridgehead atoms. The highest BCUT2D eigenvalue weighted by Gasteiger charge is 2.45. The molecule has 2 amide bonds. The normalized spacial score (nSPS) is 28.3. The summed E-state index contributed by atoms with van der Waals surface area (Å²) in [5.74, 6) is 0.798. The number of nitrogens with zero attached hydrogens (tertiary/aromatic N) is 1. The lowest BCUT2D eigenvalue weighted by molar-refractivity contribution is -0.131. The Morgan fingerprint density at radius 1 is 1.43 bits per heavy atom. The van der Waals surface area contributed by atoms with E-state index < -0.39 is 5.41 Å². The van der Waals surface area contributed by atoms with Crippen LogP contribution < -0.4 is 11.1 Å². The van der Waals surface area contributed by atoms with Crippen LogP contribution >= 0.6 is 12.4 Å². The molecule has 0 aromatic carbocycles. The van der Waals surface area contributed by atoms with E-state index in [0.29, 0.717) is 31.5 Å². The molecule has 6 heteroatoms. The molecular formula is C15H28ClN3O2. The fourth-order valence-corrected chi connectivity index (χ4v) is 3.18. The minimum absolute atomic E-state index is 0. The Labute approximate surface area is 133 Å². The van der Waals surface area contributed by atoms with Crippen molar-refractivity contribution in [1.82, 2.24) is 10.2 Å². The first-order valence-electron chi connectivity index (χ1n) is 7.78. The van der Waals surface area contributed by atoms with E-state index in [1.54, 1.807) is 0 Å². The van der Waals surface area contributed by atoms with Crippen LogP contribution in [0.1, 0.15) is 46.5 Å². The summed E-state index contributed by atoms with van der Waals surface area (Å²) in [6.07, 6.45) is 3.00. The average Bonchev–Trinajstić information content (AvgIpc) is 3.03. The number of hydrogen-bond acceptors (Lipinski definition) is 3. The summed E-state index contributed by atoms with van der Waals surface area (Å²) in [5, 5.41) is 3.05. The van der Waals surface area contributed by atoms with Gasteiger partial charge in [-0.15, -0.1) is 12.4 Å². The van der Waals surface area contributed by atoms with E-state index in [9.17, 15) is 9.59 Å². The van der Waals surface area contributed by atoms with Gasteiger partial charge in [0.15, 0.2) is 0 Å². The van der Waals surface area contributed by atoms with E-state index in [-0.39, 0.29) is 30.3 Å². The molecule has 2 rings (SSSR count). The molecule has 21 heavy (non-hydrogen) atoms. The van der Waals surface area contributed by atoms with Gasteiger partial charge in [-0.3, -0.25) is 9.59 Å². The van der Waals surface area contributed by atoms with Crippen LogP contribution in [0.4, 0.5) is 0 Å². The molecule has 3 atom stereocenters. The van der Waals surface area contributed by atoms with Gasteiger partial charge >= 0.3 is 0 Å². The summed E-state index contributed by atoms with van der Waals surface area (Å²) in [5.41, 5.74) is 5.31. The van der Waals surface area contributed by atoms with Gasteiger partial charge in [0, 0.05) is 25.6 Å². The molecule has 122 valence electrons. The second-order valence-electron chi connectivity index (χ2n) is 6.39. The number of likely N-dealkylation sites (tertiary alicyclic amines) is 1. The number of carbonyl (C=O) groups excluding carboxylic acids is 2. The summed E-state index contributed by atoms with van der Waals surface area (Å²) >= 11 is 0. The first-order valence-corrected chi connectivity index (χ1v) is 7.78. The number of rotatable bonds is 6. The standard InChI is InChI=1S/C15H27N3O2.ClH/c1-4-15(5-2,9-16)14(20)17-11-7-13(19)18(8-11)12-6-10(12)3;/h10-12H,4-9,16H2,1-3H3,(H,17,20);1H. The minimum Gasteiger partial charge on any atom is -0.351 e. The van der Waals surface area contributed by atoms with E-state index in [2.05, 4.69) is 12.2 Å². The molecule has 1 heterocycles. The Balaban J connectivity index is 0.00000220. The highest BCUT2D eigenvalue weighted by atomic mass is 35.5. The molecule has 3 unspecified atom stereocenters. The van der Waals surface area contributed by atoms with Gasteiger partial charge in [0.2, 0.25) is 11.8 Å². The van der Waals surface area contributed by atoms with Crippen LogP contribution in [0.25, 0.3) is 0 Å². The molecule has 0 radical (unpaired) electrons. The van der Waals surface area contributed by atoms with Crippen LogP contribution in [0, 0.1) is 11.3 Å². The summed E-state index contributed by atoms with van der Waals surface area (Å²) in [6.45, 7) is 7.17. The van der Waals surface area contributed by atoms with Crippen LogP contribution in [-0.2, 0) is 9.59 Å². The van der Waals surface area contributed by atoms with E-state index in [4.69, 9.17) is 5.73 Å². The van der Waals surface area contributed by atoms with Crippen LogP contribution in [0.5, 0.6) is 0 Å². The van der Waals surface area contributed by atoms with Gasteiger partial charge in [-0.1, -0.05) is 20.8 Å². The topological polar surface area (TPSA) is 75.4 Å². The molecule has 1 aliphatic heterocycles. The molecule has 0 aromatic rings. The summed E-state index contributed by atoms with van der Waals surface area (Å²) in [7, 11) is 0. The van der Waals surface area contributed by atoms with Crippen LogP contribution in [-0.4, -0.2) is 41.9 Å². The highest BCUT2D eigenvalue weighted by molar-refractivity contribution is 5.86. The van der Waals surface area contributed by atoms with Crippen molar-refractivity contribution in [3.05, 3.63) is 0 Å². The maximum Gasteiger partial charge on any atom is 0.227 e. The Kier molecular flexibility index (Phi) is 6.05. The van der Waals surface area contributed by atoms with Gasteiger partial charge in [-0.2, -0.15) is 0 Å². The molecule has 2 aliphatic rings. The third-order valence-electron chi connectivity index (χ3n) is 5.19. The minimum atomic E-state index is -0.483. The largest absolute Gasteiger partial charge is 0.351 e. The molecule has 5 nitrogen and oxygen atoms in total. The molecular weight excluding hydrogens is 290 g/mol. The van der Waals surface area contributed by atoms with E-state index in [1.807, 2.05) is 18.7 Å². The van der Waals surface area contributed by atoms with Gasteiger partial charge in [-0.25, -0.2) is 0 Å². The first-order chi connectivity index (χ1) is 9.47. The lowest BCUT2D eigenvalue weighted by Crippen LogP contribution is -2.49. The predicted molar refractivity (Wildman–Crippen MR) is 85.1 cm³/mol. The smallest absolute Gasteiger partial charge is 0.227 e. The van der Waals surface area contributed by atoms with Crippen LogP contribution in [0.3, 0.4) is 0 Å². The molecule has 3 N–H and O–H groups in total. The number of amides is 2. The van der Waals surface area contributed by atoms with Crippen molar-refractivity contribution >= 4 is 24.2 Å². The fourth-order valence-electron chi connectivity index (χ4n) is 3.18. The number of nitrogens with two attached hydrogens (primary N) is 1. The SMILES string of the molecule is CCC(CC)(CN)C(=O)NC1CC(=O)N(C2CC2C)C1.Cl. The van der Waals surface area contributed by atoms with E-state index in [0.717, 1.165) is 19.3 Å². The molecule has 2 fully saturated rings. The summed E-state index contributed by atoms with van der Waals surface area (Å²) in [6, 6.07) is 0.354. The molecule has 0 aromatic heterocycles. The van der Waals surface area contributed by atoms with Gasteiger partial charge < -0.3 is 16.0 Å².